The summed E-state index contributed by atoms with van der Waals surface area (Å²) < 4.78 is 16.3. The third-order valence-corrected chi connectivity index (χ3v) is 4.35. The fourth-order valence-corrected chi connectivity index (χ4v) is 3.23. The van der Waals surface area contributed by atoms with Crippen LogP contribution in [-0.4, -0.2) is 20.0 Å². The molecule has 0 aromatic heterocycles. The molecule has 0 fully saturated rings. The third kappa shape index (κ3) is 2.48. The Kier molecular flexibility index (Phi) is 4.17. The van der Waals surface area contributed by atoms with Crippen LogP contribution in [0.1, 0.15) is 30.7 Å². The summed E-state index contributed by atoms with van der Waals surface area (Å²) in [4.78, 5) is 12.6. The number of ketones is 1. The second-order valence-electron chi connectivity index (χ2n) is 5.65. The molecule has 0 spiro atoms. The van der Waals surface area contributed by atoms with Crippen molar-refractivity contribution in [1.82, 2.24) is 0 Å². The number of hydrogen-bond donors (Lipinski definition) is 1. The summed E-state index contributed by atoms with van der Waals surface area (Å²) in [5.41, 5.74) is 7.33. The Balaban J connectivity index is 2.25. The van der Waals surface area contributed by atoms with E-state index in [1.807, 2.05) is 0 Å². The molecule has 6 nitrogen and oxygen atoms in total. The van der Waals surface area contributed by atoms with Gasteiger partial charge in [0.05, 0.1) is 20.1 Å². The lowest BCUT2D eigenvalue weighted by atomic mass is 9.77. The van der Waals surface area contributed by atoms with E-state index in [9.17, 15) is 10.1 Å². The van der Waals surface area contributed by atoms with Crippen molar-refractivity contribution in [1.29, 1.82) is 5.26 Å². The molecule has 0 radical (unpaired) electrons. The quantitative estimate of drug-likeness (QED) is 0.917. The van der Waals surface area contributed by atoms with Crippen molar-refractivity contribution in [3.63, 3.8) is 0 Å². The van der Waals surface area contributed by atoms with Gasteiger partial charge in [-0.1, -0.05) is 0 Å². The van der Waals surface area contributed by atoms with Crippen molar-refractivity contribution >= 4 is 5.78 Å². The van der Waals surface area contributed by atoms with E-state index in [2.05, 4.69) is 6.07 Å². The van der Waals surface area contributed by atoms with Gasteiger partial charge in [0.25, 0.3) is 0 Å². The van der Waals surface area contributed by atoms with Crippen LogP contribution < -0.4 is 15.2 Å². The molecule has 3 rings (SSSR count). The number of nitrogens with two attached hydrogens (primary N) is 1. The van der Waals surface area contributed by atoms with Crippen LogP contribution in [0.3, 0.4) is 0 Å². The number of Topliss-reactive ketones (excluding diaryl/α,β-unsaturated/α-hetero) is 1. The molecule has 0 bridgehead atoms. The SMILES string of the molecule is COc1ccc(OC)c([C@@H]2C(C#N)=C(N)OC3=C2C(=O)CCC3)c1. The standard InChI is InChI=1S/C18H18N2O4/c1-22-10-6-7-14(23-2)11(8-10)16-12(9-19)18(20)24-15-5-3-4-13(21)17(15)16/h6-8,16H,3-5,20H2,1-2H3/t16-/m1/s1. The van der Waals surface area contributed by atoms with Crippen LogP contribution in [0.5, 0.6) is 11.5 Å². The summed E-state index contributed by atoms with van der Waals surface area (Å²) in [6.45, 7) is 0. The van der Waals surface area contributed by atoms with E-state index in [0.29, 0.717) is 41.2 Å². The van der Waals surface area contributed by atoms with Gasteiger partial charge in [-0.25, -0.2) is 0 Å². The lowest BCUT2D eigenvalue weighted by Gasteiger charge is -2.31. The van der Waals surface area contributed by atoms with Crippen LogP contribution >= 0.6 is 0 Å². The van der Waals surface area contributed by atoms with E-state index in [-0.39, 0.29) is 17.2 Å². The molecule has 1 aliphatic carbocycles. The number of carbonyl (C=O) groups is 1. The monoisotopic (exact) mass is 326 g/mol. The Morgan fingerprint density at radius 3 is 2.75 bits per heavy atom. The highest BCUT2D eigenvalue weighted by Gasteiger charge is 2.39. The highest BCUT2D eigenvalue weighted by molar-refractivity contribution is 5.99. The number of hydrogen-bond acceptors (Lipinski definition) is 6. The first-order valence-electron chi connectivity index (χ1n) is 7.66. The molecule has 0 unspecified atom stereocenters. The van der Waals surface area contributed by atoms with Gasteiger partial charge >= 0.3 is 0 Å². The number of ether oxygens (including phenoxy) is 3. The zero-order valence-corrected chi connectivity index (χ0v) is 13.6. The van der Waals surface area contributed by atoms with Gasteiger partial charge in [0.1, 0.15) is 28.9 Å². The normalized spacial score (nSPS) is 20.2. The number of nitriles is 1. The van der Waals surface area contributed by atoms with Crippen LogP contribution in [0.25, 0.3) is 0 Å². The molecule has 1 aromatic carbocycles. The zero-order valence-electron chi connectivity index (χ0n) is 13.6. The van der Waals surface area contributed by atoms with Crippen LogP contribution in [0.15, 0.2) is 41.0 Å². The minimum Gasteiger partial charge on any atom is -0.497 e. The molecule has 1 aliphatic heterocycles. The summed E-state index contributed by atoms with van der Waals surface area (Å²) >= 11 is 0. The molecule has 6 heteroatoms. The number of methoxy groups -OCH3 is 2. The molecule has 1 aromatic rings. The fourth-order valence-electron chi connectivity index (χ4n) is 3.23. The van der Waals surface area contributed by atoms with E-state index in [1.165, 1.54) is 0 Å². The highest BCUT2D eigenvalue weighted by Crippen LogP contribution is 2.46. The van der Waals surface area contributed by atoms with Crippen LogP contribution in [0.4, 0.5) is 0 Å². The Labute approximate surface area is 140 Å². The molecular weight excluding hydrogens is 308 g/mol. The Bertz CT molecular complexity index is 802. The lowest BCUT2D eigenvalue weighted by molar-refractivity contribution is -0.116. The van der Waals surface area contributed by atoms with Crippen LogP contribution in [0.2, 0.25) is 0 Å². The average Bonchev–Trinajstić information content (AvgIpc) is 2.60. The fraction of sp³-hybridized carbons (Fsp3) is 0.333. The minimum atomic E-state index is -0.600. The van der Waals surface area contributed by atoms with E-state index in [4.69, 9.17) is 19.9 Å². The number of nitrogens with zero attached hydrogens (tertiary/aromatic N) is 1. The van der Waals surface area contributed by atoms with Gasteiger partial charge in [-0.05, 0) is 24.6 Å². The van der Waals surface area contributed by atoms with Crippen molar-refractivity contribution in [2.45, 2.75) is 25.2 Å². The summed E-state index contributed by atoms with van der Waals surface area (Å²) in [6.07, 6.45) is 1.78. The van der Waals surface area contributed by atoms with Gasteiger partial charge in [-0.15, -0.1) is 0 Å². The first kappa shape index (κ1) is 15.9. The van der Waals surface area contributed by atoms with Crippen molar-refractivity contribution in [2.75, 3.05) is 14.2 Å². The first-order chi connectivity index (χ1) is 11.6. The number of benzene rings is 1. The minimum absolute atomic E-state index is 0.0219. The molecule has 0 amide bonds. The van der Waals surface area contributed by atoms with Crippen LogP contribution in [-0.2, 0) is 9.53 Å². The van der Waals surface area contributed by atoms with Crippen molar-refractivity contribution in [2.24, 2.45) is 5.73 Å². The van der Waals surface area contributed by atoms with Crippen molar-refractivity contribution in [3.8, 4) is 17.6 Å². The van der Waals surface area contributed by atoms with Crippen molar-refractivity contribution in [3.05, 3.63) is 46.6 Å². The zero-order chi connectivity index (χ0) is 17.3. The molecule has 0 saturated heterocycles. The predicted molar refractivity (Wildman–Crippen MR) is 86.1 cm³/mol. The average molecular weight is 326 g/mol. The summed E-state index contributed by atoms with van der Waals surface area (Å²) in [5.74, 6) is 1.15. The highest BCUT2D eigenvalue weighted by atomic mass is 16.5. The van der Waals surface area contributed by atoms with E-state index in [0.717, 1.165) is 6.42 Å². The number of allylic oxidation sites excluding steroid dienone is 3. The van der Waals surface area contributed by atoms with E-state index >= 15 is 0 Å². The van der Waals surface area contributed by atoms with E-state index in [1.54, 1.807) is 32.4 Å². The smallest absolute Gasteiger partial charge is 0.205 e. The molecule has 24 heavy (non-hydrogen) atoms. The molecule has 0 saturated carbocycles. The number of carbonyl (C=O) groups excluding carboxylic acids is 1. The Morgan fingerprint density at radius 1 is 1.29 bits per heavy atom. The second-order valence-corrected chi connectivity index (χ2v) is 5.65. The maximum absolute atomic E-state index is 12.6. The molecule has 1 heterocycles. The Hall–Kier alpha value is -2.94. The predicted octanol–water partition coefficient (Wildman–Crippen LogP) is 2.52. The van der Waals surface area contributed by atoms with Gasteiger partial charge in [-0.3, -0.25) is 4.79 Å². The van der Waals surface area contributed by atoms with E-state index < -0.39 is 5.92 Å². The van der Waals surface area contributed by atoms with Crippen LogP contribution in [0, 0.1) is 11.3 Å². The van der Waals surface area contributed by atoms with Gasteiger partial charge < -0.3 is 19.9 Å². The number of rotatable bonds is 3. The van der Waals surface area contributed by atoms with Crippen molar-refractivity contribution < 1.29 is 19.0 Å². The summed E-state index contributed by atoms with van der Waals surface area (Å²) in [6, 6.07) is 7.38. The van der Waals surface area contributed by atoms with Gasteiger partial charge in [0.2, 0.25) is 5.88 Å². The summed E-state index contributed by atoms with van der Waals surface area (Å²) in [7, 11) is 3.10. The molecule has 1 atom stereocenters. The largest absolute Gasteiger partial charge is 0.497 e. The molecular formula is C18H18N2O4. The molecule has 124 valence electrons. The maximum atomic E-state index is 12.6. The van der Waals surface area contributed by atoms with Gasteiger partial charge in [0, 0.05) is 24.0 Å². The van der Waals surface area contributed by atoms with Gasteiger partial charge in [0.15, 0.2) is 5.78 Å². The van der Waals surface area contributed by atoms with Gasteiger partial charge in [-0.2, -0.15) is 5.26 Å². The first-order valence-corrected chi connectivity index (χ1v) is 7.66. The Morgan fingerprint density at radius 2 is 2.08 bits per heavy atom. The third-order valence-electron chi connectivity index (χ3n) is 4.35. The molecule has 2 N–H and O–H groups in total. The molecule has 2 aliphatic rings. The lowest BCUT2D eigenvalue weighted by Crippen LogP contribution is -2.27. The topological polar surface area (TPSA) is 94.6 Å². The maximum Gasteiger partial charge on any atom is 0.205 e. The second kappa shape index (κ2) is 6.28. The summed E-state index contributed by atoms with van der Waals surface area (Å²) in [5, 5.41) is 9.59.